The maximum Gasteiger partial charge on any atom is 0.306 e. The molecular weight excluding hydrogens is 787 g/mol. The number of aliphatic carboxylic acids is 1. The van der Waals surface area contributed by atoms with Gasteiger partial charge in [0.05, 0.1) is 29.6 Å². The van der Waals surface area contributed by atoms with Gasteiger partial charge in [-0.05, 0) is 136 Å². The summed E-state index contributed by atoms with van der Waals surface area (Å²) < 4.78 is 59.9. The Labute approximate surface area is 357 Å². The Morgan fingerprint density at radius 1 is 0.881 bits per heavy atom. The highest BCUT2D eigenvalue weighted by Crippen LogP contribution is 2.76. The lowest BCUT2D eigenvalue weighted by molar-refractivity contribution is -0.246. The van der Waals surface area contributed by atoms with Crippen molar-refractivity contribution in [3.8, 4) is 0 Å². The number of hydrogen-bond donors (Lipinski definition) is 3. The van der Waals surface area contributed by atoms with Gasteiger partial charge >= 0.3 is 11.9 Å². The van der Waals surface area contributed by atoms with Crippen LogP contribution in [0.1, 0.15) is 146 Å². The van der Waals surface area contributed by atoms with E-state index in [1.54, 1.807) is 13.8 Å². The molecule has 1 heterocycles. The molecule has 0 aromatic rings. The predicted octanol–water partition coefficient (Wildman–Crippen LogP) is 7.22. The van der Waals surface area contributed by atoms with Crippen LogP contribution in [0.25, 0.3) is 0 Å². The van der Waals surface area contributed by atoms with E-state index >= 15 is 0 Å². The minimum absolute atomic E-state index is 0.0717. The molecule has 6 aliphatic rings. The Morgan fingerprint density at radius 2 is 1.54 bits per heavy atom. The number of sulfone groups is 1. The Hall–Kier alpha value is -1.54. The van der Waals surface area contributed by atoms with Gasteiger partial charge in [-0.15, -0.1) is 0 Å². The Balaban J connectivity index is 1.23. The number of allylic oxidation sites excluding steroid dienone is 1. The second kappa shape index (κ2) is 16.2. The molecule has 0 aromatic carbocycles. The van der Waals surface area contributed by atoms with Crippen LogP contribution >= 0.6 is 0 Å². The highest BCUT2D eigenvalue weighted by atomic mass is 32.2. The van der Waals surface area contributed by atoms with Crippen LogP contribution in [-0.2, 0) is 34.2 Å². The number of carbonyl (C=O) groups excluding carboxylic acids is 1. The molecule has 6 rings (SSSR count). The van der Waals surface area contributed by atoms with E-state index in [0.717, 1.165) is 57.8 Å². The van der Waals surface area contributed by atoms with Gasteiger partial charge in [-0.25, -0.2) is 21.6 Å². The van der Waals surface area contributed by atoms with Gasteiger partial charge in [-0.3, -0.25) is 14.5 Å². The van der Waals surface area contributed by atoms with Crippen LogP contribution < -0.4 is 10.0 Å². The first-order chi connectivity index (χ1) is 27.1. The molecular formula is C46H79N3O8S2. The minimum Gasteiger partial charge on any atom is -0.481 e. The van der Waals surface area contributed by atoms with Crippen molar-refractivity contribution in [1.82, 2.24) is 14.9 Å². The molecule has 59 heavy (non-hydrogen) atoms. The first-order valence-corrected chi connectivity index (χ1v) is 26.2. The van der Waals surface area contributed by atoms with Crippen molar-refractivity contribution in [2.24, 2.45) is 56.7 Å². The molecule has 13 heteroatoms. The molecule has 0 bridgehead atoms. The SMILES string of the molecule is C=C(C)[C@@H]1CC[C@]2(NCC(CNS(=O)(=O)C(C)C)N3CCS(=O)(=O)CC3)CC[C@]3(C)[C@H](CC[C@@H]4[C@@]5(C)CC[C@H](OC(=O)CC(C)(C)CC(=O)O)C(C)(C)[C@@H]5CC[C@]43C)[C@@H]12. The molecule has 11 atom stereocenters. The average molecular weight is 866 g/mol. The molecule has 11 nitrogen and oxygen atoms in total. The predicted molar refractivity (Wildman–Crippen MR) is 234 cm³/mol. The van der Waals surface area contributed by atoms with Gasteiger partial charge in [-0.1, -0.05) is 60.6 Å². The first-order valence-electron chi connectivity index (χ1n) is 22.9. The molecule has 0 aromatic heterocycles. The molecule has 0 spiro atoms. The highest BCUT2D eigenvalue weighted by Gasteiger charge is 2.71. The van der Waals surface area contributed by atoms with Crippen LogP contribution in [0.15, 0.2) is 12.2 Å². The molecule has 6 fully saturated rings. The Kier molecular flexibility index (Phi) is 12.9. The Bertz CT molecular complexity index is 1830. The molecule has 1 unspecified atom stereocenters. The van der Waals surface area contributed by atoms with Gasteiger partial charge < -0.3 is 15.2 Å². The van der Waals surface area contributed by atoms with Crippen LogP contribution in [0.5, 0.6) is 0 Å². The zero-order chi connectivity index (χ0) is 43.8. The molecule has 5 saturated carbocycles. The summed E-state index contributed by atoms with van der Waals surface area (Å²) in [5.41, 5.74) is 0.638. The second-order valence-electron chi connectivity index (χ2n) is 22.8. The van der Waals surface area contributed by atoms with Gasteiger partial charge in [-0.2, -0.15) is 0 Å². The lowest BCUT2D eigenvalue weighted by Gasteiger charge is -2.73. The largest absolute Gasteiger partial charge is 0.481 e. The molecule has 3 N–H and O–H groups in total. The Morgan fingerprint density at radius 3 is 2.15 bits per heavy atom. The van der Waals surface area contributed by atoms with Gasteiger partial charge in [0.1, 0.15) is 6.10 Å². The van der Waals surface area contributed by atoms with E-state index in [1.165, 1.54) is 12.0 Å². The maximum absolute atomic E-state index is 13.3. The van der Waals surface area contributed by atoms with Crippen LogP contribution in [0.4, 0.5) is 0 Å². The zero-order valence-electron chi connectivity index (χ0n) is 38.1. The lowest BCUT2D eigenvalue weighted by Crippen LogP contribution is -2.69. The number of sulfonamides is 1. The summed E-state index contributed by atoms with van der Waals surface area (Å²) in [6, 6.07) is -0.163. The van der Waals surface area contributed by atoms with E-state index in [0.29, 0.717) is 49.2 Å². The summed E-state index contributed by atoms with van der Waals surface area (Å²) in [6.07, 6.45) is 10.6. The fourth-order valence-electron chi connectivity index (χ4n) is 14.8. The maximum atomic E-state index is 13.3. The first kappa shape index (κ1) is 47.0. The van der Waals surface area contributed by atoms with Crippen molar-refractivity contribution in [2.45, 2.75) is 169 Å². The fraction of sp³-hybridized carbons (Fsp3) is 0.913. The normalized spacial score (nSPS) is 39.9. The number of fused-ring (bicyclic) bond motifs is 7. The van der Waals surface area contributed by atoms with Crippen molar-refractivity contribution in [3.05, 3.63) is 12.2 Å². The van der Waals surface area contributed by atoms with Crippen molar-refractivity contribution < 1.29 is 36.3 Å². The van der Waals surface area contributed by atoms with Crippen molar-refractivity contribution >= 4 is 31.8 Å². The molecule has 5 aliphatic carbocycles. The summed E-state index contributed by atoms with van der Waals surface area (Å²) in [5, 5.41) is 13.0. The number of carboxylic acid groups (broad SMARTS) is 1. The number of carboxylic acids is 1. The van der Waals surface area contributed by atoms with Crippen LogP contribution in [0.3, 0.4) is 0 Å². The summed E-state index contributed by atoms with van der Waals surface area (Å²) in [6.45, 7) is 27.9. The molecule has 1 saturated heterocycles. The quantitative estimate of drug-likeness (QED) is 0.120. The number of rotatable bonds is 14. The van der Waals surface area contributed by atoms with Crippen molar-refractivity contribution in [3.63, 3.8) is 0 Å². The summed E-state index contributed by atoms with van der Waals surface area (Å²) in [5.74, 6) is 1.27. The highest BCUT2D eigenvalue weighted by molar-refractivity contribution is 7.91. The molecule has 1 aliphatic heterocycles. The van der Waals surface area contributed by atoms with Crippen LogP contribution in [0.2, 0.25) is 0 Å². The molecule has 0 amide bonds. The summed E-state index contributed by atoms with van der Waals surface area (Å²) >= 11 is 0. The third-order valence-corrected chi connectivity index (χ3v) is 21.7. The number of esters is 1. The topological polar surface area (TPSA) is 159 Å². The zero-order valence-corrected chi connectivity index (χ0v) is 39.8. The van der Waals surface area contributed by atoms with Crippen LogP contribution in [0, 0.1) is 56.7 Å². The third kappa shape index (κ3) is 8.61. The van der Waals surface area contributed by atoms with Gasteiger partial charge in [0.15, 0.2) is 9.84 Å². The molecule has 0 radical (unpaired) electrons. The number of nitrogens with zero attached hydrogens (tertiary/aromatic N) is 1. The number of ether oxygens (including phenoxy) is 1. The summed E-state index contributed by atoms with van der Waals surface area (Å²) in [7, 11) is -6.59. The van der Waals surface area contributed by atoms with Crippen molar-refractivity contribution in [2.75, 3.05) is 37.7 Å². The van der Waals surface area contributed by atoms with Gasteiger partial charge in [0.25, 0.3) is 0 Å². The fourth-order valence-corrected chi connectivity index (χ4v) is 16.8. The number of carbonyl (C=O) groups is 2. The van der Waals surface area contributed by atoms with E-state index in [2.05, 4.69) is 63.1 Å². The van der Waals surface area contributed by atoms with Gasteiger partial charge in [0.2, 0.25) is 10.0 Å². The standard InChI is InChI=1S/C46H79N3O8S2/c1-30(2)33-14-19-46(47-28-32(29-48-59(55,56)31(3)4)49-22-24-58(53,54)25-23-49)21-20-44(10)34(40(33)46)12-13-36-43(9)17-16-37(42(7,8)35(43)15-18-45(36,44)11)57-39(52)27-41(5,6)26-38(50)51/h31-37,40,47-48H,1,12-29H2,2-11H3,(H,50,51)/t32?,33-,34+,35-,36+,37-,40+,43-,44+,45+,46-/m0/s1. The van der Waals surface area contributed by atoms with Crippen LogP contribution in [-0.4, -0.2) is 99.4 Å². The number of hydrogen-bond acceptors (Lipinski definition) is 9. The van der Waals surface area contributed by atoms with E-state index in [-0.39, 0.29) is 76.2 Å². The van der Waals surface area contributed by atoms with Gasteiger partial charge in [0, 0.05) is 43.2 Å². The molecule has 338 valence electrons. The third-order valence-electron chi connectivity index (χ3n) is 18.3. The smallest absolute Gasteiger partial charge is 0.306 e. The van der Waals surface area contributed by atoms with E-state index in [4.69, 9.17) is 4.74 Å². The van der Waals surface area contributed by atoms with Crippen molar-refractivity contribution in [1.29, 1.82) is 0 Å². The number of nitrogens with one attached hydrogen (secondary N) is 2. The summed E-state index contributed by atoms with van der Waals surface area (Å²) in [4.78, 5) is 26.9. The average Bonchev–Trinajstić information content (AvgIpc) is 3.49. The monoisotopic (exact) mass is 866 g/mol. The van der Waals surface area contributed by atoms with E-state index in [9.17, 15) is 31.5 Å². The lowest BCUT2D eigenvalue weighted by atomic mass is 9.32. The minimum atomic E-state index is -3.49. The second-order valence-corrected chi connectivity index (χ2v) is 27.4. The van der Waals surface area contributed by atoms with E-state index < -0.39 is 36.5 Å². The van der Waals surface area contributed by atoms with E-state index in [1.807, 2.05) is 13.8 Å².